The Morgan fingerprint density at radius 1 is 1.14 bits per heavy atom. The summed E-state index contributed by atoms with van der Waals surface area (Å²) in [6, 6.07) is 14.3. The van der Waals surface area contributed by atoms with E-state index < -0.39 is 0 Å². The van der Waals surface area contributed by atoms with Gasteiger partial charge in [-0.1, -0.05) is 25.5 Å². The molecule has 0 unspecified atom stereocenters. The van der Waals surface area contributed by atoms with E-state index in [1.165, 1.54) is 18.4 Å². The van der Waals surface area contributed by atoms with E-state index in [1.807, 2.05) is 18.2 Å². The van der Waals surface area contributed by atoms with Crippen molar-refractivity contribution in [3.05, 3.63) is 48.0 Å². The fourth-order valence-electron chi connectivity index (χ4n) is 2.26. The van der Waals surface area contributed by atoms with E-state index in [0.29, 0.717) is 11.7 Å². The molecule has 4 nitrogen and oxygen atoms in total. The van der Waals surface area contributed by atoms with Gasteiger partial charge in [0, 0.05) is 11.4 Å². The number of benzene rings is 2. The van der Waals surface area contributed by atoms with E-state index in [-0.39, 0.29) is 0 Å². The number of hydrogen-bond donors (Lipinski definition) is 2. The molecule has 0 aliphatic carbocycles. The van der Waals surface area contributed by atoms with Crippen molar-refractivity contribution in [2.45, 2.75) is 26.2 Å². The minimum Gasteiger partial charge on any atom is -0.423 e. The first kappa shape index (κ1) is 13.5. The van der Waals surface area contributed by atoms with Crippen LogP contribution in [0.15, 0.2) is 46.9 Å². The van der Waals surface area contributed by atoms with Gasteiger partial charge in [0.25, 0.3) is 6.01 Å². The largest absolute Gasteiger partial charge is 0.423 e. The molecule has 0 amide bonds. The van der Waals surface area contributed by atoms with Crippen molar-refractivity contribution in [3.8, 4) is 0 Å². The van der Waals surface area contributed by atoms with Gasteiger partial charge in [0.1, 0.15) is 5.52 Å². The van der Waals surface area contributed by atoms with Gasteiger partial charge in [0.05, 0.1) is 0 Å². The highest BCUT2D eigenvalue weighted by Gasteiger charge is 2.06. The molecule has 4 heteroatoms. The number of hydrogen-bond acceptors (Lipinski definition) is 4. The standard InChI is InChI=1S/C17H19N3O/c1-2-3-4-12-5-8-14(9-6-12)19-17-20-15-11-13(18)7-10-16(15)21-17/h5-11H,2-4,18H2,1H3,(H,19,20). The van der Waals surface area contributed by atoms with Crippen molar-refractivity contribution in [1.29, 1.82) is 0 Å². The monoisotopic (exact) mass is 281 g/mol. The Morgan fingerprint density at radius 3 is 2.71 bits per heavy atom. The zero-order valence-electron chi connectivity index (χ0n) is 12.1. The maximum absolute atomic E-state index is 5.74. The molecule has 0 spiro atoms. The Morgan fingerprint density at radius 2 is 1.95 bits per heavy atom. The molecular weight excluding hydrogens is 262 g/mol. The van der Waals surface area contributed by atoms with Crippen LogP contribution >= 0.6 is 0 Å². The maximum atomic E-state index is 5.74. The fraction of sp³-hybridized carbons (Fsp3) is 0.235. The molecule has 0 aliphatic heterocycles. The lowest BCUT2D eigenvalue weighted by Crippen LogP contribution is -1.91. The van der Waals surface area contributed by atoms with Gasteiger partial charge in [-0.2, -0.15) is 4.98 Å². The minimum atomic E-state index is 0.483. The molecule has 21 heavy (non-hydrogen) atoms. The van der Waals surface area contributed by atoms with Gasteiger partial charge in [0.2, 0.25) is 0 Å². The number of rotatable bonds is 5. The van der Waals surface area contributed by atoms with Gasteiger partial charge in [-0.05, 0) is 48.7 Å². The number of anilines is 3. The summed E-state index contributed by atoms with van der Waals surface area (Å²) in [6.07, 6.45) is 3.56. The molecule has 0 saturated heterocycles. The molecule has 0 bridgehead atoms. The van der Waals surface area contributed by atoms with E-state index in [1.54, 1.807) is 12.1 Å². The van der Waals surface area contributed by atoms with Crippen LogP contribution in [0, 0.1) is 0 Å². The zero-order chi connectivity index (χ0) is 14.7. The first-order valence-electron chi connectivity index (χ1n) is 7.26. The Balaban J connectivity index is 1.75. The van der Waals surface area contributed by atoms with Crippen LogP contribution in [-0.4, -0.2) is 4.98 Å². The number of fused-ring (bicyclic) bond motifs is 1. The number of aromatic nitrogens is 1. The summed E-state index contributed by atoms with van der Waals surface area (Å²) in [4.78, 5) is 4.38. The van der Waals surface area contributed by atoms with Gasteiger partial charge in [0.15, 0.2) is 5.58 Å². The number of aryl methyl sites for hydroxylation is 1. The van der Waals surface area contributed by atoms with Crippen LogP contribution in [0.5, 0.6) is 0 Å². The molecule has 1 aromatic heterocycles. The third-order valence-corrected chi connectivity index (χ3v) is 3.44. The van der Waals surface area contributed by atoms with Gasteiger partial charge < -0.3 is 15.5 Å². The summed E-state index contributed by atoms with van der Waals surface area (Å²) in [5.74, 6) is 0. The quantitative estimate of drug-likeness (QED) is 0.676. The number of nitrogen functional groups attached to an aromatic ring is 1. The second-order valence-electron chi connectivity index (χ2n) is 5.17. The smallest absolute Gasteiger partial charge is 0.300 e. The van der Waals surface area contributed by atoms with Crippen LogP contribution in [-0.2, 0) is 6.42 Å². The predicted octanol–water partition coefficient (Wildman–Crippen LogP) is 4.50. The van der Waals surface area contributed by atoms with Crippen LogP contribution in [0.1, 0.15) is 25.3 Å². The van der Waals surface area contributed by atoms with Crippen LogP contribution in [0.25, 0.3) is 11.1 Å². The molecule has 0 saturated carbocycles. The summed E-state index contributed by atoms with van der Waals surface area (Å²) in [5.41, 5.74) is 10.2. The van der Waals surface area contributed by atoms with E-state index in [9.17, 15) is 0 Å². The molecule has 0 radical (unpaired) electrons. The van der Waals surface area contributed by atoms with Crippen molar-refractivity contribution in [2.75, 3.05) is 11.1 Å². The van der Waals surface area contributed by atoms with E-state index in [4.69, 9.17) is 10.2 Å². The zero-order valence-corrected chi connectivity index (χ0v) is 12.1. The van der Waals surface area contributed by atoms with E-state index >= 15 is 0 Å². The van der Waals surface area contributed by atoms with Gasteiger partial charge in [-0.25, -0.2) is 0 Å². The lowest BCUT2D eigenvalue weighted by atomic mass is 10.1. The van der Waals surface area contributed by atoms with Crippen LogP contribution in [0.2, 0.25) is 0 Å². The van der Waals surface area contributed by atoms with Gasteiger partial charge >= 0.3 is 0 Å². The van der Waals surface area contributed by atoms with Gasteiger partial charge in [-0.15, -0.1) is 0 Å². The Kier molecular flexibility index (Phi) is 3.77. The highest BCUT2D eigenvalue weighted by Crippen LogP contribution is 2.24. The number of unbranched alkanes of at least 4 members (excludes halogenated alkanes) is 1. The fourth-order valence-corrected chi connectivity index (χ4v) is 2.26. The van der Waals surface area contributed by atoms with Gasteiger partial charge in [-0.3, -0.25) is 0 Å². The van der Waals surface area contributed by atoms with Crippen molar-refractivity contribution in [1.82, 2.24) is 4.98 Å². The van der Waals surface area contributed by atoms with Crippen LogP contribution in [0.4, 0.5) is 17.4 Å². The number of nitrogens with zero attached hydrogens (tertiary/aromatic N) is 1. The highest BCUT2D eigenvalue weighted by molar-refractivity contribution is 5.78. The third kappa shape index (κ3) is 3.16. The predicted molar refractivity (Wildman–Crippen MR) is 86.8 cm³/mol. The number of oxazole rings is 1. The van der Waals surface area contributed by atoms with Crippen molar-refractivity contribution in [3.63, 3.8) is 0 Å². The maximum Gasteiger partial charge on any atom is 0.300 e. The lowest BCUT2D eigenvalue weighted by Gasteiger charge is -2.03. The average molecular weight is 281 g/mol. The first-order chi connectivity index (χ1) is 10.2. The van der Waals surface area contributed by atoms with Crippen molar-refractivity contribution in [2.24, 2.45) is 0 Å². The van der Waals surface area contributed by atoms with E-state index in [0.717, 1.165) is 23.2 Å². The second-order valence-corrected chi connectivity index (χ2v) is 5.17. The molecule has 3 aromatic rings. The highest BCUT2D eigenvalue weighted by atomic mass is 16.4. The summed E-state index contributed by atoms with van der Waals surface area (Å²) >= 11 is 0. The lowest BCUT2D eigenvalue weighted by molar-refractivity contribution is 0.623. The van der Waals surface area contributed by atoms with Crippen molar-refractivity contribution >= 4 is 28.5 Å². The molecule has 0 fully saturated rings. The normalized spacial score (nSPS) is 10.9. The molecule has 108 valence electrons. The first-order valence-corrected chi connectivity index (χ1v) is 7.26. The Labute approximate surface area is 124 Å². The summed E-state index contributed by atoms with van der Waals surface area (Å²) in [7, 11) is 0. The van der Waals surface area contributed by atoms with Crippen molar-refractivity contribution < 1.29 is 4.42 Å². The summed E-state index contributed by atoms with van der Waals surface area (Å²) < 4.78 is 5.64. The Bertz CT molecular complexity index is 731. The molecule has 3 rings (SSSR count). The molecular formula is C17H19N3O. The van der Waals surface area contributed by atoms with Crippen LogP contribution < -0.4 is 11.1 Å². The number of nitrogens with two attached hydrogens (primary N) is 1. The molecule has 0 atom stereocenters. The second kappa shape index (κ2) is 5.87. The average Bonchev–Trinajstić information content (AvgIpc) is 2.88. The SMILES string of the molecule is CCCCc1ccc(Nc2nc3cc(N)ccc3o2)cc1. The Hall–Kier alpha value is -2.49. The number of nitrogens with one attached hydrogen (secondary N) is 1. The third-order valence-electron chi connectivity index (χ3n) is 3.44. The summed E-state index contributed by atoms with van der Waals surface area (Å²) in [5, 5.41) is 3.18. The summed E-state index contributed by atoms with van der Waals surface area (Å²) in [6.45, 7) is 2.20. The van der Waals surface area contributed by atoms with Crippen LogP contribution in [0.3, 0.4) is 0 Å². The molecule has 0 aliphatic rings. The minimum absolute atomic E-state index is 0.483. The molecule has 1 heterocycles. The molecule has 3 N–H and O–H groups in total. The topological polar surface area (TPSA) is 64.1 Å². The molecule has 2 aromatic carbocycles. The van der Waals surface area contributed by atoms with E-state index in [2.05, 4.69) is 29.4 Å².